The van der Waals surface area contributed by atoms with Gasteiger partial charge >= 0.3 is 0 Å². The predicted octanol–water partition coefficient (Wildman–Crippen LogP) is 1.43. The average molecular weight is 150 g/mol. The number of piperidine rings is 2. The molecular weight excluding hydrogens is 136 g/mol. The van der Waals surface area contributed by atoms with Gasteiger partial charge in [-0.3, -0.25) is 0 Å². The second kappa shape index (κ2) is 2.83. The number of nitrogens with one attached hydrogen (secondary N) is 1. The molecule has 0 aromatic rings. The van der Waals surface area contributed by atoms with E-state index in [2.05, 4.69) is 11.4 Å². The molecule has 1 unspecified atom stereocenters. The zero-order valence-corrected chi connectivity index (χ0v) is 6.71. The minimum absolute atomic E-state index is 0.339. The van der Waals surface area contributed by atoms with E-state index in [0.717, 1.165) is 12.8 Å². The summed E-state index contributed by atoms with van der Waals surface area (Å²) in [5.74, 6) is 0.339. The van der Waals surface area contributed by atoms with Gasteiger partial charge in [-0.1, -0.05) is 6.42 Å². The maximum atomic E-state index is 8.77. The van der Waals surface area contributed by atoms with Gasteiger partial charge in [0, 0.05) is 18.0 Å². The highest BCUT2D eigenvalue weighted by atomic mass is 15.0. The van der Waals surface area contributed by atoms with Crippen molar-refractivity contribution in [1.29, 1.82) is 5.26 Å². The van der Waals surface area contributed by atoms with E-state index >= 15 is 0 Å². The monoisotopic (exact) mass is 150 g/mol. The van der Waals surface area contributed by atoms with E-state index in [1.807, 2.05) is 0 Å². The van der Waals surface area contributed by atoms with Crippen LogP contribution in [0.15, 0.2) is 0 Å². The van der Waals surface area contributed by atoms with Crippen LogP contribution in [0, 0.1) is 17.2 Å². The highest BCUT2D eigenvalue weighted by molar-refractivity contribution is 4.96. The molecule has 11 heavy (non-hydrogen) atoms. The Morgan fingerprint density at radius 1 is 1.18 bits per heavy atom. The van der Waals surface area contributed by atoms with Gasteiger partial charge in [0.05, 0.1) is 6.07 Å². The van der Waals surface area contributed by atoms with E-state index in [0.29, 0.717) is 18.0 Å². The zero-order valence-electron chi connectivity index (χ0n) is 6.71. The standard InChI is InChI=1S/C9H14N2/c10-6-7-4-8-2-1-3-9(5-7)11-8/h7-9,11H,1-5H2/t7?,8-,9+. The summed E-state index contributed by atoms with van der Waals surface area (Å²) in [4.78, 5) is 0. The van der Waals surface area contributed by atoms with Crippen LogP contribution in [0.25, 0.3) is 0 Å². The molecule has 0 saturated carbocycles. The molecule has 2 rings (SSSR count). The van der Waals surface area contributed by atoms with Crippen LogP contribution >= 0.6 is 0 Å². The molecule has 0 radical (unpaired) electrons. The lowest BCUT2D eigenvalue weighted by Crippen LogP contribution is -2.48. The smallest absolute Gasteiger partial charge is 0.0657 e. The normalized spacial score (nSPS) is 43.0. The van der Waals surface area contributed by atoms with Crippen LogP contribution in [-0.2, 0) is 0 Å². The van der Waals surface area contributed by atoms with Crippen molar-refractivity contribution in [3.63, 3.8) is 0 Å². The first-order chi connectivity index (χ1) is 5.38. The lowest BCUT2D eigenvalue weighted by molar-refractivity contribution is 0.213. The maximum absolute atomic E-state index is 8.77. The van der Waals surface area contributed by atoms with Crippen LogP contribution in [0.4, 0.5) is 0 Å². The van der Waals surface area contributed by atoms with E-state index in [4.69, 9.17) is 5.26 Å². The molecule has 0 spiro atoms. The molecule has 2 heteroatoms. The van der Waals surface area contributed by atoms with E-state index in [1.165, 1.54) is 19.3 Å². The highest BCUT2D eigenvalue weighted by Gasteiger charge is 2.30. The molecule has 0 amide bonds. The number of nitrogens with zero attached hydrogens (tertiary/aromatic N) is 1. The molecule has 3 atom stereocenters. The van der Waals surface area contributed by atoms with Crippen molar-refractivity contribution < 1.29 is 0 Å². The van der Waals surface area contributed by atoms with Crippen molar-refractivity contribution in [2.45, 2.75) is 44.2 Å². The third-order valence-corrected chi connectivity index (χ3v) is 2.90. The lowest BCUT2D eigenvalue weighted by Gasteiger charge is -2.38. The SMILES string of the molecule is N#CC1C[C@H]2CCC[C@@H](C1)N2. The zero-order chi connectivity index (χ0) is 7.68. The number of nitriles is 1. The quantitative estimate of drug-likeness (QED) is 0.567. The van der Waals surface area contributed by atoms with Gasteiger partial charge in [-0.2, -0.15) is 5.26 Å². The molecule has 0 aromatic heterocycles. The fourth-order valence-corrected chi connectivity index (χ4v) is 2.37. The first-order valence-corrected chi connectivity index (χ1v) is 4.54. The van der Waals surface area contributed by atoms with Crippen molar-refractivity contribution in [2.24, 2.45) is 5.92 Å². The maximum Gasteiger partial charge on any atom is 0.0657 e. The summed E-state index contributed by atoms with van der Waals surface area (Å²) in [6, 6.07) is 3.71. The van der Waals surface area contributed by atoms with Crippen LogP contribution in [0.5, 0.6) is 0 Å². The summed E-state index contributed by atoms with van der Waals surface area (Å²) in [6.45, 7) is 0. The van der Waals surface area contributed by atoms with Gasteiger partial charge in [0.25, 0.3) is 0 Å². The Hall–Kier alpha value is -0.550. The van der Waals surface area contributed by atoms with Crippen molar-refractivity contribution in [2.75, 3.05) is 0 Å². The largest absolute Gasteiger partial charge is 0.311 e. The van der Waals surface area contributed by atoms with Crippen LogP contribution in [0.1, 0.15) is 32.1 Å². The summed E-state index contributed by atoms with van der Waals surface area (Å²) in [7, 11) is 0. The highest BCUT2D eigenvalue weighted by Crippen LogP contribution is 2.28. The second-order valence-corrected chi connectivity index (χ2v) is 3.79. The summed E-state index contributed by atoms with van der Waals surface area (Å²) >= 11 is 0. The molecule has 60 valence electrons. The topological polar surface area (TPSA) is 35.8 Å². The van der Waals surface area contributed by atoms with Gasteiger partial charge in [-0.05, 0) is 25.7 Å². The first-order valence-electron chi connectivity index (χ1n) is 4.54. The minimum atomic E-state index is 0.339. The lowest BCUT2D eigenvalue weighted by atomic mass is 9.81. The summed E-state index contributed by atoms with van der Waals surface area (Å²) in [6.07, 6.45) is 6.11. The van der Waals surface area contributed by atoms with Crippen LogP contribution < -0.4 is 5.32 Å². The Labute approximate surface area is 67.6 Å². The molecule has 1 N–H and O–H groups in total. The molecule has 2 bridgehead atoms. The van der Waals surface area contributed by atoms with E-state index in [1.54, 1.807) is 0 Å². The summed E-state index contributed by atoms with van der Waals surface area (Å²) in [5, 5.41) is 12.3. The van der Waals surface area contributed by atoms with Crippen molar-refractivity contribution in [3.05, 3.63) is 0 Å². The molecule has 2 saturated heterocycles. The van der Waals surface area contributed by atoms with Crippen LogP contribution in [0.3, 0.4) is 0 Å². The Morgan fingerprint density at radius 3 is 2.36 bits per heavy atom. The number of hydrogen-bond donors (Lipinski definition) is 1. The Morgan fingerprint density at radius 2 is 1.82 bits per heavy atom. The Bertz CT molecular complexity index is 170. The summed E-state index contributed by atoms with van der Waals surface area (Å²) < 4.78 is 0. The third kappa shape index (κ3) is 1.39. The van der Waals surface area contributed by atoms with E-state index < -0.39 is 0 Å². The van der Waals surface area contributed by atoms with Crippen molar-refractivity contribution >= 4 is 0 Å². The first kappa shape index (κ1) is 7.12. The molecule has 2 nitrogen and oxygen atoms in total. The van der Waals surface area contributed by atoms with Gasteiger partial charge in [0.15, 0.2) is 0 Å². The predicted molar refractivity (Wildman–Crippen MR) is 42.9 cm³/mol. The fraction of sp³-hybridized carbons (Fsp3) is 0.889. The molecular formula is C9H14N2. The molecule has 0 aliphatic carbocycles. The van der Waals surface area contributed by atoms with E-state index in [-0.39, 0.29) is 0 Å². The van der Waals surface area contributed by atoms with Gasteiger partial charge in [-0.25, -0.2) is 0 Å². The molecule has 0 aromatic carbocycles. The second-order valence-electron chi connectivity index (χ2n) is 3.79. The van der Waals surface area contributed by atoms with Crippen LogP contribution in [0.2, 0.25) is 0 Å². The third-order valence-electron chi connectivity index (χ3n) is 2.90. The molecule has 2 aliphatic heterocycles. The van der Waals surface area contributed by atoms with Gasteiger partial charge in [-0.15, -0.1) is 0 Å². The molecule has 2 aliphatic rings. The van der Waals surface area contributed by atoms with Crippen LogP contribution in [-0.4, -0.2) is 12.1 Å². The van der Waals surface area contributed by atoms with Gasteiger partial charge in [0.2, 0.25) is 0 Å². The minimum Gasteiger partial charge on any atom is -0.311 e. The molecule has 2 heterocycles. The number of rotatable bonds is 0. The van der Waals surface area contributed by atoms with E-state index in [9.17, 15) is 0 Å². The number of hydrogen-bond acceptors (Lipinski definition) is 2. The van der Waals surface area contributed by atoms with Gasteiger partial charge in [0.1, 0.15) is 0 Å². The summed E-state index contributed by atoms with van der Waals surface area (Å²) in [5.41, 5.74) is 0. The van der Waals surface area contributed by atoms with Crippen molar-refractivity contribution in [3.8, 4) is 6.07 Å². The molecule has 2 fully saturated rings. The Kier molecular flexibility index (Phi) is 1.83. The number of fused-ring (bicyclic) bond motifs is 2. The van der Waals surface area contributed by atoms with Crippen molar-refractivity contribution in [1.82, 2.24) is 5.32 Å². The average Bonchev–Trinajstić information content (AvgIpc) is 2.03. The Balaban J connectivity index is 2.01. The fourth-order valence-electron chi connectivity index (χ4n) is 2.37. The van der Waals surface area contributed by atoms with Gasteiger partial charge < -0.3 is 5.32 Å².